The molecule has 32 heavy (non-hydrogen) atoms. The highest BCUT2D eigenvalue weighted by molar-refractivity contribution is 6.22. The molecule has 0 N–H and O–H groups in total. The maximum atomic E-state index is 2.40. The third-order valence-electron chi connectivity index (χ3n) is 6.79. The van der Waals surface area contributed by atoms with Crippen molar-refractivity contribution in [3.8, 4) is 5.69 Å². The SMILES string of the molecule is Cc1cccc(-n2c3ccccc3c3cc4c(ccc5c6ccccc6ccc45)cc32)c1. The molecule has 0 aliphatic rings. The normalized spacial score (nSPS) is 11.9. The topological polar surface area (TPSA) is 4.93 Å². The largest absolute Gasteiger partial charge is 0.309 e. The fourth-order valence-corrected chi connectivity index (χ4v) is 5.33. The van der Waals surface area contributed by atoms with Crippen molar-refractivity contribution in [3.63, 3.8) is 0 Å². The molecular formula is C31H21N. The first kappa shape index (κ1) is 17.6. The molecule has 0 saturated carbocycles. The molecule has 1 nitrogen and oxygen atoms in total. The Kier molecular flexibility index (Phi) is 3.54. The van der Waals surface area contributed by atoms with Gasteiger partial charge in [0.15, 0.2) is 0 Å². The van der Waals surface area contributed by atoms with Crippen molar-refractivity contribution in [1.82, 2.24) is 4.57 Å². The van der Waals surface area contributed by atoms with Gasteiger partial charge in [-0.25, -0.2) is 0 Å². The second-order valence-electron chi connectivity index (χ2n) is 8.73. The first-order chi connectivity index (χ1) is 15.8. The highest BCUT2D eigenvalue weighted by atomic mass is 15.0. The van der Waals surface area contributed by atoms with E-state index in [0.29, 0.717) is 0 Å². The minimum absolute atomic E-state index is 1.21. The van der Waals surface area contributed by atoms with Gasteiger partial charge in [-0.2, -0.15) is 0 Å². The molecule has 0 fully saturated rings. The fraction of sp³-hybridized carbons (Fsp3) is 0.0323. The van der Waals surface area contributed by atoms with Crippen LogP contribution in [0.25, 0.3) is 59.8 Å². The van der Waals surface area contributed by atoms with E-state index >= 15 is 0 Å². The van der Waals surface area contributed by atoms with Crippen LogP contribution in [0.15, 0.2) is 109 Å². The first-order valence-corrected chi connectivity index (χ1v) is 11.1. The number of aryl methyl sites for hydroxylation is 1. The summed E-state index contributed by atoms with van der Waals surface area (Å²) in [4.78, 5) is 0. The van der Waals surface area contributed by atoms with E-state index in [1.165, 1.54) is 65.4 Å². The van der Waals surface area contributed by atoms with Gasteiger partial charge in [0.25, 0.3) is 0 Å². The van der Waals surface area contributed by atoms with Crippen LogP contribution in [0.4, 0.5) is 0 Å². The summed E-state index contributed by atoms with van der Waals surface area (Å²) < 4.78 is 2.40. The Bertz CT molecular complexity index is 1840. The summed E-state index contributed by atoms with van der Waals surface area (Å²) in [5.41, 5.74) is 4.98. The number of benzene rings is 6. The Morgan fingerprint density at radius 2 is 1.19 bits per heavy atom. The van der Waals surface area contributed by atoms with Gasteiger partial charge in [-0.15, -0.1) is 0 Å². The van der Waals surface area contributed by atoms with Gasteiger partial charge in [0.05, 0.1) is 11.0 Å². The molecular weight excluding hydrogens is 386 g/mol. The van der Waals surface area contributed by atoms with Crippen LogP contribution in [0.2, 0.25) is 0 Å². The summed E-state index contributed by atoms with van der Waals surface area (Å²) in [5, 5.41) is 10.4. The minimum atomic E-state index is 1.21. The van der Waals surface area contributed by atoms with Crippen molar-refractivity contribution in [2.24, 2.45) is 0 Å². The fourth-order valence-electron chi connectivity index (χ4n) is 5.33. The van der Waals surface area contributed by atoms with E-state index in [1.54, 1.807) is 0 Å². The lowest BCUT2D eigenvalue weighted by Gasteiger charge is -2.11. The Morgan fingerprint density at radius 3 is 2.06 bits per heavy atom. The number of para-hydroxylation sites is 1. The number of fused-ring (bicyclic) bond motifs is 8. The zero-order valence-corrected chi connectivity index (χ0v) is 17.8. The zero-order chi connectivity index (χ0) is 21.2. The van der Waals surface area contributed by atoms with Crippen molar-refractivity contribution in [2.45, 2.75) is 6.92 Å². The average molecular weight is 408 g/mol. The number of aromatic nitrogens is 1. The van der Waals surface area contributed by atoms with Crippen LogP contribution in [0, 0.1) is 6.92 Å². The van der Waals surface area contributed by atoms with E-state index in [-0.39, 0.29) is 0 Å². The standard InChI is InChI=1S/C31H21N/c1-20-7-6-9-23(17-20)32-30-12-5-4-11-27(30)29-19-28-22(18-31(29)32)14-16-25-24-10-3-2-8-21(24)13-15-26(25)28/h2-19H,1H3. The van der Waals surface area contributed by atoms with Crippen LogP contribution in [0.3, 0.4) is 0 Å². The molecule has 0 spiro atoms. The first-order valence-electron chi connectivity index (χ1n) is 11.1. The average Bonchev–Trinajstić information content (AvgIpc) is 3.15. The second kappa shape index (κ2) is 6.45. The summed E-state index contributed by atoms with van der Waals surface area (Å²) in [5.74, 6) is 0. The van der Waals surface area contributed by atoms with E-state index < -0.39 is 0 Å². The summed E-state index contributed by atoms with van der Waals surface area (Å²) in [6.07, 6.45) is 0. The van der Waals surface area contributed by atoms with Gasteiger partial charge in [0, 0.05) is 16.5 Å². The molecule has 1 aromatic heterocycles. The van der Waals surface area contributed by atoms with Crippen LogP contribution < -0.4 is 0 Å². The third kappa shape index (κ3) is 2.39. The van der Waals surface area contributed by atoms with E-state index in [2.05, 4.69) is 121 Å². The van der Waals surface area contributed by atoms with Gasteiger partial charge in [-0.05, 0) is 75.1 Å². The lowest BCUT2D eigenvalue weighted by Crippen LogP contribution is -1.94. The lowest BCUT2D eigenvalue weighted by atomic mass is 9.96. The molecule has 6 aromatic carbocycles. The molecule has 0 bridgehead atoms. The summed E-state index contributed by atoms with van der Waals surface area (Å²) in [6, 6.07) is 40.0. The maximum absolute atomic E-state index is 2.40. The van der Waals surface area contributed by atoms with E-state index in [4.69, 9.17) is 0 Å². The van der Waals surface area contributed by atoms with Crippen LogP contribution in [-0.4, -0.2) is 4.57 Å². The van der Waals surface area contributed by atoms with Gasteiger partial charge in [-0.3, -0.25) is 0 Å². The Hall–Kier alpha value is -4.10. The predicted octanol–water partition coefficient (Wildman–Crippen LogP) is 8.55. The van der Waals surface area contributed by atoms with Crippen molar-refractivity contribution in [1.29, 1.82) is 0 Å². The van der Waals surface area contributed by atoms with Crippen molar-refractivity contribution >= 4 is 54.1 Å². The number of hydrogen-bond acceptors (Lipinski definition) is 0. The molecule has 0 aliphatic carbocycles. The van der Waals surface area contributed by atoms with Crippen LogP contribution in [-0.2, 0) is 0 Å². The lowest BCUT2D eigenvalue weighted by molar-refractivity contribution is 1.17. The van der Waals surface area contributed by atoms with E-state index in [1.807, 2.05) is 0 Å². The Morgan fingerprint density at radius 1 is 0.438 bits per heavy atom. The molecule has 0 aliphatic heterocycles. The molecule has 0 unspecified atom stereocenters. The molecule has 0 radical (unpaired) electrons. The van der Waals surface area contributed by atoms with Crippen molar-refractivity contribution in [3.05, 3.63) is 115 Å². The Labute approximate surface area is 186 Å². The smallest absolute Gasteiger partial charge is 0.0547 e. The highest BCUT2D eigenvalue weighted by Crippen LogP contribution is 2.38. The summed E-state index contributed by atoms with van der Waals surface area (Å²) >= 11 is 0. The van der Waals surface area contributed by atoms with Gasteiger partial charge < -0.3 is 4.57 Å². The van der Waals surface area contributed by atoms with Gasteiger partial charge in [-0.1, -0.05) is 78.9 Å². The van der Waals surface area contributed by atoms with Crippen molar-refractivity contribution in [2.75, 3.05) is 0 Å². The molecule has 1 heterocycles. The number of nitrogens with zero attached hydrogens (tertiary/aromatic N) is 1. The maximum Gasteiger partial charge on any atom is 0.0547 e. The Balaban J connectivity index is 1.66. The van der Waals surface area contributed by atoms with Crippen molar-refractivity contribution < 1.29 is 0 Å². The summed E-state index contributed by atoms with van der Waals surface area (Å²) in [7, 11) is 0. The monoisotopic (exact) mass is 407 g/mol. The van der Waals surface area contributed by atoms with E-state index in [9.17, 15) is 0 Å². The van der Waals surface area contributed by atoms with Crippen LogP contribution >= 0.6 is 0 Å². The van der Waals surface area contributed by atoms with Crippen LogP contribution in [0.5, 0.6) is 0 Å². The van der Waals surface area contributed by atoms with Crippen LogP contribution in [0.1, 0.15) is 5.56 Å². The van der Waals surface area contributed by atoms with Gasteiger partial charge in [0.1, 0.15) is 0 Å². The number of hydrogen-bond donors (Lipinski definition) is 0. The predicted molar refractivity (Wildman–Crippen MR) is 138 cm³/mol. The molecule has 0 atom stereocenters. The molecule has 7 rings (SSSR count). The van der Waals surface area contributed by atoms with Gasteiger partial charge in [0.2, 0.25) is 0 Å². The quantitative estimate of drug-likeness (QED) is 0.240. The molecule has 7 aromatic rings. The minimum Gasteiger partial charge on any atom is -0.309 e. The molecule has 0 saturated heterocycles. The number of rotatable bonds is 1. The second-order valence-corrected chi connectivity index (χ2v) is 8.73. The highest BCUT2D eigenvalue weighted by Gasteiger charge is 2.14. The zero-order valence-electron chi connectivity index (χ0n) is 17.8. The molecule has 0 amide bonds. The van der Waals surface area contributed by atoms with Gasteiger partial charge >= 0.3 is 0 Å². The van der Waals surface area contributed by atoms with E-state index in [0.717, 1.165) is 0 Å². The molecule has 150 valence electrons. The third-order valence-corrected chi connectivity index (χ3v) is 6.79. The molecule has 1 heteroatoms. The summed E-state index contributed by atoms with van der Waals surface area (Å²) in [6.45, 7) is 2.16.